The van der Waals surface area contributed by atoms with Crippen molar-refractivity contribution in [2.24, 2.45) is 0 Å². The Morgan fingerprint density at radius 1 is 1.00 bits per heavy atom. The highest BCUT2D eigenvalue weighted by molar-refractivity contribution is 5.96. The molecule has 1 saturated heterocycles. The van der Waals surface area contributed by atoms with Crippen molar-refractivity contribution in [2.75, 3.05) is 31.1 Å². The van der Waals surface area contributed by atoms with E-state index < -0.39 is 0 Å². The monoisotopic (exact) mass is 409 g/mol. The highest BCUT2D eigenvalue weighted by Crippen LogP contribution is 2.24. The number of unbranched alkanes of at least 4 members (excludes halogenated alkanes) is 1. The molecule has 2 N–H and O–H groups in total. The maximum Gasteiger partial charge on any atom is 0.251 e. The highest BCUT2D eigenvalue weighted by Gasteiger charge is 2.15. The molecule has 2 amide bonds. The van der Waals surface area contributed by atoms with Crippen LogP contribution in [0.3, 0.4) is 0 Å². The topological polar surface area (TPSA) is 70.7 Å². The zero-order valence-corrected chi connectivity index (χ0v) is 17.7. The number of ether oxygens (including phenoxy) is 1. The Labute approximate surface area is 178 Å². The summed E-state index contributed by atoms with van der Waals surface area (Å²) in [6, 6.07) is 15.1. The maximum atomic E-state index is 12.3. The third-order valence-electron chi connectivity index (χ3n) is 5.21. The fraction of sp³-hybridized carbons (Fsp3) is 0.417. The molecule has 1 heterocycles. The summed E-state index contributed by atoms with van der Waals surface area (Å²) in [5.74, 6) is 0.260. The molecule has 0 aromatic heterocycles. The van der Waals surface area contributed by atoms with E-state index in [1.165, 1.54) is 18.5 Å². The van der Waals surface area contributed by atoms with Gasteiger partial charge in [-0.05, 0) is 55.2 Å². The van der Waals surface area contributed by atoms with Gasteiger partial charge in [-0.2, -0.15) is 0 Å². The number of nitrogens with one attached hydrogen (secondary N) is 2. The first-order chi connectivity index (χ1) is 14.7. The van der Waals surface area contributed by atoms with Crippen molar-refractivity contribution in [1.82, 2.24) is 10.6 Å². The van der Waals surface area contributed by atoms with Crippen LogP contribution >= 0.6 is 0 Å². The zero-order valence-electron chi connectivity index (χ0n) is 17.7. The first-order valence-corrected chi connectivity index (χ1v) is 10.8. The summed E-state index contributed by atoms with van der Waals surface area (Å²) in [6.07, 6.45) is 4.49. The SMILES string of the molecule is CCCCOc1ccc(C(=O)NCC(=O)NCc2ccccc2N2CCCC2)cc1. The van der Waals surface area contributed by atoms with Crippen LogP contribution in [0.15, 0.2) is 48.5 Å². The molecule has 2 aromatic rings. The second-order valence-electron chi connectivity index (χ2n) is 7.51. The minimum absolute atomic E-state index is 0.0561. The number of nitrogens with zero attached hydrogens (tertiary/aromatic N) is 1. The van der Waals surface area contributed by atoms with Gasteiger partial charge in [0.15, 0.2) is 0 Å². The number of amides is 2. The molecule has 1 aliphatic rings. The van der Waals surface area contributed by atoms with E-state index in [-0.39, 0.29) is 18.4 Å². The second-order valence-corrected chi connectivity index (χ2v) is 7.51. The number of hydrogen-bond acceptors (Lipinski definition) is 4. The minimum atomic E-state index is -0.275. The molecule has 3 rings (SSSR count). The molecule has 0 unspecified atom stereocenters. The molecule has 6 nitrogen and oxygen atoms in total. The molecule has 1 aliphatic heterocycles. The van der Waals surface area contributed by atoms with Gasteiger partial charge in [0, 0.05) is 30.9 Å². The number of para-hydroxylation sites is 1. The lowest BCUT2D eigenvalue weighted by Crippen LogP contribution is -2.36. The molecule has 2 aromatic carbocycles. The largest absolute Gasteiger partial charge is 0.494 e. The predicted octanol–water partition coefficient (Wildman–Crippen LogP) is 3.51. The average Bonchev–Trinajstić information content (AvgIpc) is 3.32. The van der Waals surface area contributed by atoms with Gasteiger partial charge < -0.3 is 20.3 Å². The fourth-order valence-electron chi connectivity index (χ4n) is 3.48. The van der Waals surface area contributed by atoms with Gasteiger partial charge in [0.1, 0.15) is 5.75 Å². The lowest BCUT2D eigenvalue weighted by Gasteiger charge is -2.21. The van der Waals surface area contributed by atoms with Crippen LogP contribution in [-0.2, 0) is 11.3 Å². The van der Waals surface area contributed by atoms with Gasteiger partial charge in [0.25, 0.3) is 5.91 Å². The Morgan fingerprint density at radius 2 is 1.73 bits per heavy atom. The molecule has 0 atom stereocenters. The molecule has 0 radical (unpaired) electrons. The van der Waals surface area contributed by atoms with Crippen molar-refractivity contribution in [3.63, 3.8) is 0 Å². The number of carbonyl (C=O) groups is 2. The number of carbonyl (C=O) groups excluding carboxylic acids is 2. The third kappa shape index (κ3) is 6.24. The minimum Gasteiger partial charge on any atom is -0.494 e. The molecule has 0 aliphatic carbocycles. The first kappa shape index (κ1) is 21.7. The predicted molar refractivity (Wildman–Crippen MR) is 119 cm³/mol. The van der Waals surface area contributed by atoms with Gasteiger partial charge in [-0.3, -0.25) is 9.59 Å². The number of anilines is 1. The summed E-state index contributed by atoms with van der Waals surface area (Å²) in [5.41, 5.74) is 2.78. The van der Waals surface area contributed by atoms with Gasteiger partial charge >= 0.3 is 0 Å². The fourth-order valence-corrected chi connectivity index (χ4v) is 3.48. The molecule has 0 bridgehead atoms. The van der Waals surface area contributed by atoms with Crippen molar-refractivity contribution in [3.8, 4) is 5.75 Å². The van der Waals surface area contributed by atoms with Gasteiger partial charge in [0.05, 0.1) is 13.2 Å². The van der Waals surface area contributed by atoms with Crippen LogP contribution in [-0.4, -0.2) is 38.1 Å². The smallest absolute Gasteiger partial charge is 0.251 e. The van der Waals surface area contributed by atoms with E-state index in [0.29, 0.717) is 18.7 Å². The molecular formula is C24H31N3O3. The molecule has 6 heteroatoms. The lowest BCUT2D eigenvalue weighted by molar-refractivity contribution is -0.120. The summed E-state index contributed by atoms with van der Waals surface area (Å²) in [4.78, 5) is 26.9. The van der Waals surface area contributed by atoms with E-state index in [1.807, 2.05) is 18.2 Å². The molecule has 0 spiro atoms. The summed E-state index contributed by atoms with van der Waals surface area (Å²) in [5, 5.41) is 5.58. The van der Waals surface area contributed by atoms with Gasteiger partial charge in [-0.25, -0.2) is 0 Å². The Morgan fingerprint density at radius 3 is 2.47 bits per heavy atom. The standard InChI is InChI=1S/C24H31N3O3/c1-2-3-16-30-21-12-10-19(11-13-21)24(29)26-18-23(28)25-17-20-8-4-5-9-22(20)27-14-6-7-15-27/h4-5,8-13H,2-3,6-7,14-18H2,1H3,(H,25,28)(H,26,29). The van der Waals surface area contributed by atoms with E-state index in [9.17, 15) is 9.59 Å². The van der Waals surface area contributed by atoms with E-state index >= 15 is 0 Å². The normalized spacial score (nSPS) is 13.2. The summed E-state index contributed by atoms with van der Waals surface area (Å²) >= 11 is 0. The van der Waals surface area contributed by atoms with E-state index in [4.69, 9.17) is 4.74 Å². The van der Waals surface area contributed by atoms with Crippen molar-refractivity contribution < 1.29 is 14.3 Å². The number of rotatable bonds is 10. The van der Waals surface area contributed by atoms with Crippen molar-refractivity contribution >= 4 is 17.5 Å². The zero-order chi connectivity index (χ0) is 21.2. The van der Waals surface area contributed by atoms with Gasteiger partial charge in [-0.15, -0.1) is 0 Å². The van der Waals surface area contributed by atoms with Crippen LogP contribution < -0.4 is 20.3 Å². The van der Waals surface area contributed by atoms with Crippen molar-refractivity contribution in [3.05, 3.63) is 59.7 Å². The van der Waals surface area contributed by atoms with Crippen molar-refractivity contribution in [1.29, 1.82) is 0 Å². The van der Waals surface area contributed by atoms with E-state index in [0.717, 1.165) is 37.2 Å². The molecule has 160 valence electrons. The Kier molecular flexibility index (Phi) is 8.12. The van der Waals surface area contributed by atoms with Crippen LogP contribution in [0.25, 0.3) is 0 Å². The summed E-state index contributed by atoms with van der Waals surface area (Å²) < 4.78 is 5.60. The molecule has 1 fully saturated rings. The van der Waals surface area contributed by atoms with Crippen LogP contribution in [0.4, 0.5) is 5.69 Å². The average molecular weight is 410 g/mol. The quantitative estimate of drug-likeness (QED) is 0.589. The van der Waals surface area contributed by atoms with E-state index in [2.05, 4.69) is 28.5 Å². The lowest BCUT2D eigenvalue weighted by atomic mass is 10.1. The van der Waals surface area contributed by atoms with Crippen LogP contribution in [0.5, 0.6) is 5.75 Å². The highest BCUT2D eigenvalue weighted by atomic mass is 16.5. The Hall–Kier alpha value is -3.02. The van der Waals surface area contributed by atoms with E-state index in [1.54, 1.807) is 24.3 Å². The van der Waals surface area contributed by atoms with Gasteiger partial charge in [-0.1, -0.05) is 31.5 Å². The molecular weight excluding hydrogens is 378 g/mol. The van der Waals surface area contributed by atoms with Crippen molar-refractivity contribution in [2.45, 2.75) is 39.2 Å². The Balaban J connectivity index is 1.44. The van der Waals surface area contributed by atoms with Gasteiger partial charge in [0.2, 0.25) is 5.91 Å². The van der Waals surface area contributed by atoms with Crippen LogP contribution in [0.2, 0.25) is 0 Å². The summed E-state index contributed by atoms with van der Waals surface area (Å²) in [7, 11) is 0. The molecule has 0 saturated carbocycles. The van der Waals surface area contributed by atoms with Crippen LogP contribution in [0, 0.1) is 0 Å². The first-order valence-electron chi connectivity index (χ1n) is 10.8. The van der Waals surface area contributed by atoms with Crippen LogP contribution in [0.1, 0.15) is 48.5 Å². The number of benzene rings is 2. The number of hydrogen-bond donors (Lipinski definition) is 2. The third-order valence-corrected chi connectivity index (χ3v) is 5.21. The molecule has 30 heavy (non-hydrogen) atoms. The maximum absolute atomic E-state index is 12.3. The Bertz CT molecular complexity index is 830. The summed E-state index contributed by atoms with van der Waals surface area (Å²) in [6.45, 7) is 5.29. The second kappa shape index (κ2) is 11.2.